The quantitative estimate of drug-likeness (QED) is 0.551. The molecule has 1 heterocycles. The lowest BCUT2D eigenvalue weighted by Gasteiger charge is -2.13. The van der Waals surface area contributed by atoms with E-state index in [1.165, 1.54) is 11.8 Å². The molecule has 0 unspecified atom stereocenters. The topological polar surface area (TPSA) is 66.9 Å². The minimum atomic E-state index is -0.253. The summed E-state index contributed by atoms with van der Waals surface area (Å²) in [6.07, 6.45) is 5.12. The fourth-order valence-electron chi connectivity index (χ4n) is 2.99. The Hall–Kier alpha value is -3.21. The highest BCUT2D eigenvalue weighted by Crippen LogP contribution is 2.24. The zero-order valence-corrected chi connectivity index (χ0v) is 16.4. The minimum Gasteiger partial charge on any atom is -0.369 e. The van der Waals surface area contributed by atoms with E-state index in [4.69, 9.17) is 0 Å². The Bertz CT molecular complexity index is 892. The number of nitrogens with zero attached hydrogens (tertiary/aromatic N) is 2. The fraction of sp³-hybridized carbons (Fsp3) is 0.261. The van der Waals surface area contributed by atoms with Crippen molar-refractivity contribution in [3.63, 3.8) is 0 Å². The van der Waals surface area contributed by atoms with Crippen LogP contribution in [0.3, 0.4) is 0 Å². The fourth-order valence-corrected chi connectivity index (χ4v) is 2.99. The second-order valence-corrected chi connectivity index (χ2v) is 7.00. The first-order chi connectivity index (χ1) is 13.6. The van der Waals surface area contributed by atoms with Crippen molar-refractivity contribution in [3.05, 3.63) is 83.8 Å². The predicted molar refractivity (Wildman–Crippen MR) is 114 cm³/mol. The molecule has 3 rings (SSSR count). The number of rotatable bonds is 8. The maximum Gasteiger partial charge on any atom is 0.275 e. The van der Waals surface area contributed by atoms with Gasteiger partial charge in [0.15, 0.2) is 0 Å². The second-order valence-electron chi connectivity index (χ2n) is 7.00. The van der Waals surface area contributed by atoms with Gasteiger partial charge >= 0.3 is 0 Å². The highest BCUT2D eigenvalue weighted by molar-refractivity contribution is 6.03. The number of hydrogen-bond donors (Lipinski definition) is 2. The summed E-state index contributed by atoms with van der Waals surface area (Å²) in [6.45, 7) is 5.00. The molecule has 0 saturated heterocycles. The van der Waals surface area contributed by atoms with Crippen LogP contribution in [0.4, 0.5) is 11.5 Å². The van der Waals surface area contributed by atoms with E-state index in [9.17, 15) is 4.79 Å². The summed E-state index contributed by atoms with van der Waals surface area (Å²) >= 11 is 0. The SMILES string of the molecule is CC(C)c1ccccc1NC(=O)c1cnc(NCCCc2ccccc2)cn1. The molecule has 1 amide bonds. The van der Waals surface area contributed by atoms with Crippen molar-refractivity contribution in [2.45, 2.75) is 32.6 Å². The van der Waals surface area contributed by atoms with Crippen LogP contribution in [0.1, 0.15) is 47.8 Å². The van der Waals surface area contributed by atoms with Crippen molar-refractivity contribution in [3.8, 4) is 0 Å². The molecule has 0 atom stereocenters. The number of aromatic nitrogens is 2. The molecule has 5 heteroatoms. The maximum atomic E-state index is 12.5. The molecule has 0 bridgehead atoms. The first-order valence-electron chi connectivity index (χ1n) is 9.63. The van der Waals surface area contributed by atoms with Crippen LogP contribution in [-0.2, 0) is 6.42 Å². The van der Waals surface area contributed by atoms with E-state index in [2.05, 4.69) is 58.7 Å². The molecule has 28 heavy (non-hydrogen) atoms. The molecule has 0 aliphatic rings. The van der Waals surface area contributed by atoms with Crippen LogP contribution >= 0.6 is 0 Å². The summed E-state index contributed by atoms with van der Waals surface area (Å²) in [4.78, 5) is 21.0. The van der Waals surface area contributed by atoms with E-state index in [1.807, 2.05) is 30.3 Å². The third kappa shape index (κ3) is 5.39. The second kappa shape index (κ2) is 9.65. The van der Waals surface area contributed by atoms with Gasteiger partial charge in [-0.2, -0.15) is 0 Å². The van der Waals surface area contributed by atoms with Crippen LogP contribution in [0.25, 0.3) is 0 Å². The molecule has 1 aromatic heterocycles. The van der Waals surface area contributed by atoms with Gasteiger partial charge in [0.2, 0.25) is 0 Å². The van der Waals surface area contributed by atoms with Crippen LogP contribution < -0.4 is 10.6 Å². The van der Waals surface area contributed by atoms with Gasteiger partial charge in [0.25, 0.3) is 5.91 Å². The van der Waals surface area contributed by atoms with Crippen molar-refractivity contribution in [1.29, 1.82) is 0 Å². The van der Waals surface area contributed by atoms with Crippen molar-refractivity contribution in [1.82, 2.24) is 9.97 Å². The van der Waals surface area contributed by atoms with E-state index in [1.54, 1.807) is 6.20 Å². The van der Waals surface area contributed by atoms with E-state index in [-0.39, 0.29) is 5.91 Å². The monoisotopic (exact) mass is 374 g/mol. The number of amides is 1. The third-order valence-corrected chi connectivity index (χ3v) is 4.51. The van der Waals surface area contributed by atoms with E-state index < -0.39 is 0 Å². The van der Waals surface area contributed by atoms with E-state index in [0.717, 1.165) is 30.6 Å². The Morgan fingerprint density at radius 3 is 2.43 bits per heavy atom. The molecule has 0 radical (unpaired) electrons. The molecule has 144 valence electrons. The Morgan fingerprint density at radius 1 is 0.964 bits per heavy atom. The van der Waals surface area contributed by atoms with Crippen molar-refractivity contribution in [2.75, 3.05) is 17.2 Å². The molecule has 2 N–H and O–H groups in total. The van der Waals surface area contributed by atoms with E-state index in [0.29, 0.717) is 17.4 Å². The van der Waals surface area contributed by atoms with Gasteiger partial charge in [-0.1, -0.05) is 62.4 Å². The Kier molecular flexibility index (Phi) is 6.73. The smallest absolute Gasteiger partial charge is 0.275 e. The van der Waals surface area contributed by atoms with Gasteiger partial charge in [-0.15, -0.1) is 0 Å². The number of aryl methyl sites for hydroxylation is 1. The first kappa shape index (κ1) is 19.5. The number of carbonyl (C=O) groups is 1. The summed E-state index contributed by atoms with van der Waals surface area (Å²) in [5.74, 6) is 0.744. The van der Waals surface area contributed by atoms with Crippen LogP contribution in [0, 0.1) is 0 Å². The number of carbonyl (C=O) groups excluding carboxylic acids is 1. The Labute approximate surface area is 166 Å². The molecule has 0 fully saturated rings. The zero-order chi connectivity index (χ0) is 19.8. The molecule has 0 saturated carbocycles. The number of para-hydroxylation sites is 1. The Morgan fingerprint density at radius 2 is 1.71 bits per heavy atom. The average Bonchev–Trinajstić information content (AvgIpc) is 2.72. The van der Waals surface area contributed by atoms with Crippen LogP contribution in [0.2, 0.25) is 0 Å². The summed E-state index contributed by atoms with van der Waals surface area (Å²) in [6, 6.07) is 18.2. The predicted octanol–water partition coefficient (Wildman–Crippen LogP) is 4.90. The summed E-state index contributed by atoms with van der Waals surface area (Å²) in [7, 11) is 0. The molecule has 0 aliphatic heterocycles. The van der Waals surface area contributed by atoms with Gasteiger partial charge in [0, 0.05) is 12.2 Å². The zero-order valence-electron chi connectivity index (χ0n) is 16.4. The van der Waals surface area contributed by atoms with Gasteiger partial charge in [-0.3, -0.25) is 4.79 Å². The van der Waals surface area contributed by atoms with Crippen molar-refractivity contribution in [2.24, 2.45) is 0 Å². The molecule has 5 nitrogen and oxygen atoms in total. The van der Waals surface area contributed by atoms with Gasteiger partial charge in [0.05, 0.1) is 12.4 Å². The average molecular weight is 374 g/mol. The first-order valence-corrected chi connectivity index (χ1v) is 9.63. The number of nitrogens with one attached hydrogen (secondary N) is 2. The van der Waals surface area contributed by atoms with Crippen molar-refractivity contribution >= 4 is 17.4 Å². The van der Waals surface area contributed by atoms with E-state index >= 15 is 0 Å². The van der Waals surface area contributed by atoms with Crippen LogP contribution in [0.5, 0.6) is 0 Å². The lowest BCUT2D eigenvalue weighted by Crippen LogP contribution is -2.16. The Balaban J connectivity index is 1.52. The highest BCUT2D eigenvalue weighted by atomic mass is 16.1. The molecule has 2 aromatic carbocycles. The number of anilines is 2. The lowest BCUT2D eigenvalue weighted by atomic mass is 10.0. The lowest BCUT2D eigenvalue weighted by molar-refractivity contribution is 0.102. The molecular weight excluding hydrogens is 348 g/mol. The minimum absolute atomic E-state index is 0.253. The van der Waals surface area contributed by atoms with Gasteiger partial charge in [-0.25, -0.2) is 9.97 Å². The van der Waals surface area contributed by atoms with Gasteiger partial charge in [0.1, 0.15) is 11.5 Å². The highest BCUT2D eigenvalue weighted by Gasteiger charge is 2.12. The maximum absolute atomic E-state index is 12.5. The number of hydrogen-bond acceptors (Lipinski definition) is 4. The third-order valence-electron chi connectivity index (χ3n) is 4.51. The van der Waals surface area contributed by atoms with Gasteiger partial charge in [-0.05, 0) is 36.0 Å². The summed E-state index contributed by atoms with van der Waals surface area (Å²) in [5.41, 5.74) is 3.53. The number of benzene rings is 2. The van der Waals surface area contributed by atoms with Crippen LogP contribution in [0.15, 0.2) is 67.0 Å². The molecule has 0 aliphatic carbocycles. The summed E-state index contributed by atoms with van der Waals surface area (Å²) < 4.78 is 0. The normalized spacial score (nSPS) is 10.7. The molecule has 0 spiro atoms. The molecular formula is C23H26N4O. The summed E-state index contributed by atoms with van der Waals surface area (Å²) in [5, 5.41) is 6.19. The van der Waals surface area contributed by atoms with Crippen molar-refractivity contribution < 1.29 is 4.79 Å². The standard InChI is InChI=1S/C23H26N4O/c1-17(2)19-12-6-7-13-20(19)27-23(28)21-15-26-22(16-25-21)24-14-8-11-18-9-4-3-5-10-18/h3-7,9-10,12-13,15-17H,8,11,14H2,1-2H3,(H,24,26)(H,27,28). The van der Waals surface area contributed by atoms with Crippen LogP contribution in [-0.4, -0.2) is 22.4 Å². The molecule has 3 aromatic rings. The van der Waals surface area contributed by atoms with Gasteiger partial charge < -0.3 is 10.6 Å². The largest absolute Gasteiger partial charge is 0.369 e.